The van der Waals surface area contributed by atoms with Crippen LogP contribution in [0.3, 0.4) is 0 Å². The highest BCUT2D eigenvalue weighted by atomic mass is 16.5. The molecule has 0 saturated heterocycles. The Balaban J connectivity index is 2.55. The first kappa shape index (κ1) is 14.5. The molecule has 1 aromatic rings. The van der Waals surface area contributed by atoms with Gasteiger partial charge in [0.1, 0.15) is 17.9 Å². The molecule has 0 aliphatic carbocycles. The number of carbonyl (C=O) groups is 2. The van der Waals surface area contributed by atoms with Gasteiger partial charge >= 0.3 is 5.97 Å². The van der Waals surface area contributed by atoms with E-state index < -0.39 is 17.9 Å². The van der Waals surface area contributed by atoms with Crippen molar-refractivity contribution in [1.82, 2.24) is 5.32 Å². The van der Waals surface area contributed by atoms with Gasteiger partial charge in [-0.15, -0.1) is 0 Å². The van der Waals surface area contributed by atoms with E-state index in [1.807, 2.05) is 6.07 Å². The van der Waals surface area contributed by atoms with Gasteiger partial charge in [0.15, 0.2) is 6.61 Å². The summed E-state index contributed by atoms with van der Waals surface area (Å²) in [5, 5.41) is 20.0. The number of benzene rings is 1. The van der Waals surface area contributed by atoms with Crippen LogP contribution in [0.25, 0.3) is 0 Å². The first-order valence-corrected chi connectivity index (χ1v) is 5.72. The molecule has 19 heavy (non-hydrogen) atoms. The first-order chi connectivity index (χ1) is 9.08. The summed E-state index contributed by atoms with van der Waals surface area (Å²) < 4.78 is 5.19. The van der Waals surface area contributed by atoms with Crippen molar-refractivity contribution < 1.29 is 19.4 Å². The third-order valence-corrected chi connectivity index (χ3v) is 2.41. The molecule has 6 heteroatoms. The number of hydrogen-bond donors (Lipinski definition) is 2. The maximum absolute atomic E-state index is 11.5. The van der Waals surface area contributed by atoms with E-state index >= 15 is 0 Å². The van der Waals surface area contributed by atoms with Crippen LogP contribution in [0.5, 0.6) is 5.75 Å². The molecule has 0 radical (unpaired) electrons. The number of nitriles is 1. The lowest BCUT2D eigenvalue weighted by atomic mass is 10.2. The van der Waals surface area contributed by atoms with Gasteiger partial charge in [0.05, 0.1) is 5.56 Å². The number of rotatable bonds is 6. The van der Waals surface area contributed by atoms with E-state index in [1.165, 1.54) is 0 Å². The molecule has 0 saturated carbocycles. The highest BCUT2D eigenvalue weighted by Gasteiger charge is 2.17. The number of nitrogens with one attached hydrogen (secondary N) is 1. The van der Waals surface area contributed by atoms with Crippen molar-refractivity contribution in [2.45, 2.75) is 19.4 Å². The van der Waals surface area contributed by atoms with Crippen molar-refractivity contribution in [3.05, 3.63) is 29.8 Å². The van der Waals surface area contributed by atoms with Gasteiger partial charge in [-0.2, -0.15) is 5.26 Å². The summed E-state index contributed by atoms with van der Waals surface area (Å²) in [5.74, 6) is -1.33. The Hall–Kier alpha value is -2.55. The van der Waals surface area contributed by atoms with Crippen LogP contribution >= 0.6 is 0 Å². The molecule has 0 aromatic heterocycles. The van der Waals surface area contributed by atoms with Crippen molar-refractivity contribution in [2.24, 2.45) is 0 Å². The summed E-state index contributed by atoms with van der Waals surface area (Å²) in [6.45, 7) is 1.33. The van der Waals surface area contributed by atoms with Crippen LogP contribution < -0.4 is 10.1 Å². The lowest BCUT2D eigenvalue weighted by Crippen LogP contribution is -2.42. The van der Waals surface area contributed by atoms with Crippen LogP contribution in [0.15, 0.2) is 24.3 Å². The number of amides is 1. The number of carbonyl (C=O) groups excluding carboxylic acids is 1. The number of carboxylic acid groups (broad SMARTS) is 1. The summed E-state index contributed by atoms with van der Waals surface area (Å²) in [6.07, 6.45) is 0.288. The second-order valence-corrected chi connectivity index (χ2v) is 3.76. The van der Waals surface area contributed by atoms with Crippen LogP contribution in [-0.2, 0) is 9.59 Å². The summed E-state index contributed by atoms with van der Waals surface area (Å²) in [5.41, 5.74) is 0.320. The molecule has 0 fully saturated rings. The van der Waals surface area contributed by atoms with Gasteiger partial charge in [-0.25, -0.2) is 4.79 Å². The maximum atomic E-state index is 11.5. The Kier molecular flexibility index (Phi) is 5.35. The highest BCUT2D eigenvalue weighted by Crippen LogP contribution is 2.16. The molecule has 1 amide bonds. The maximum Gasteiger partial charge on any atom is 0.326 e. The molecule has 2 N–H and O–H groups in total. The zero-order valence-corrected chi connectivity index (χ0v) is 10.4. The SMILES string of the molecule is CC[C@H](NC(=O)COc1ccccc1C#N)C(=O)O. The van der Waals surface area contributed by atoms with E-state index in [-0.39, 0.29) is 13.0 Å². The zero-order chi connectivity index (χ0) is 14.3. The fraction of sp³-hybridized carbons (Fsp3) is 0.308. The van der Waals surface area contributed by atoms with E-state index in [9.17, 15) is 9.59 Å². The summed E-state index contributed by atoms with van der Waals surface area (Å²) in [7, 11) is 0. The minimum absolute atomic E-state index is 0.288. The van der Waals surface area contributed by atoms with Gasteiger partial charge in [0.2, 0.25) is 0 Å². The van der Waals surface area contributed by atoms with E-state index in [1.54, 1.807) is 31.2 Å². The van der Waals surface area contributed by atoms with Crippen molar-refractivity contribution >= 4 is 11.9 Å². The Morgan fingerprint density at radius 1 is 1.47 bits per heavy atom. The Labute approximate surface area is 110 Å². The summed E-state index contributed by atoms with van der Waals surface area (Å²) >= 11 is 0. The number of nitrogens with zero attached hydrogens (tertiary/aromatic N) is 1. The number of aliphatic carboxylic acids is 1. The van der Waals surface area contributed by atoms with Crippen LogP contribution in [0.4, 0.5) is 0 Å². The third-order valence-electron chi connectivity index (χ3n) is 2.41. The lowest BCUT2D eigenvalue weighted by Gasteiger charge is -2.13. The van der Waals surface area contributed by atoms with E-state index in [4.69, 9.17) is 15.1 Å². The molecular formula is C13H14N2O4. The van der Waals surface area contributed by atoms with Gasteiger partial charge in [-0.1, -0.05) is 19.1 Å². The average molecular weight is 262 g/mol. The van der Waals surface area contributed by atoms with E-state index in [0.29, 0.717) is 11.3 Å². The topological polar surface area (TPSA) is 99.4 Å². The quantitative estimate of drug-likeness (QED) is 0.794. The molecule has 1 aromatic carbocycles. The monoisotopic (exact) mass is 262 g/mol. The van der Waals surface area contributed by atoms with Gasteiger partial charge in [0.25, 0.3) is 5.91 Å². The summed E-state index contributed by atoms with van der Waals surface area (Å²) in [6, 6.07) is 7.51. The van der Waals surface area contributed by atoms with Crippen molar-refractivity contribution in [2.75, 3.05) is 6.61 Å². The van der Waals surface area contributed by atoms with Crippen LogP contribution in [0.1, 0.15) is 18.9 Å². The fourth-order valence-electron chi connectivity index (χ4n) is 1.40. The van der Waals surface area contributed by atoms with Crippen molar-refractivity contribution in [3.63, 3.8) is 0 Å². The van der Waals surface area contributed by atoms with Crippen molar-refractivity contribution in [1.29, 1.82) is 5.26 Å². The number of hydrogen-bond acceptors (Lipinski definition) is 4. The summed E-state index contributed by atoms with van der Waals surface area (Å²) in [4.78, 5) is 22.2. The number of carboxylic acids is 1. The minimum Gasteiger partial charge on any atom is -0.482 e. The molecule has 0 aliphatic heterocycles. The highest BCUT2D eigenvalue weighted by molar-refractivity contribution is 5.84. The normalized spacial score (nSPS) is 11.2. The lowest BCUT2D eigenvalue weighted by molar-refractivity contribution is -0.142. The van der Waals surface area contributed by atoms with Gasteiger partial charge < -0.3 is 15.2 Å². The second kappa shape index (κ2) is 7.01. The molecule has 0 aliphatic rings. The predicted molar refractivity (Wildman–Crippen MR) is 66.5 cm³/mol. The standard InChI is InChI=1S/C13H14N2O4/c1-2-10(13(17)18)15-12(16)8-19-11-6-4-3-5-9(11)7-14/h3-6,10H,2,8H2,1H3,(H,15,16)(H,17,18)/t10-/m0/s1. The van der Waals surface area contributed by atoms with Crippen LogP contribution in [0, 0.1) is 11.3 Å². The number of para-hydroxylation sites is 1. The van der Waals surface area contributed by atoms with Gasteiger partial charge in [-0.05, 0) is 18.6 Å². The molecule has 100 valence electrons. The smallest absolute Gasteiger partial charge is 0.326 e. The molecule has 0 bridgehead atoms. The van der Waals surface area contributed by atoms with Crippen molar-refractivity contribution in [3.8, 4) is 11.8 Å². The van der Waals surface area contributed by atoms with Crippen LogP contribution in [0.2, 0.25) is 0 Å². The van der Waals surface area contributed by atoms with Gasteiger partial charge in [-0.3, -0.25) is 4.79 Å². The third kappa shape index (κ3) is 4.32. The fourth-order valence-corrected chi connectivity index (χ4v) is 1.40. The Morgan fingerprint density at radius 2 is 2.16 bits per heavy atom. The predicted octanol–water partition coefficient (Wildman–Crippen LogP) is 0.916. The number of ether oxygens (including phenoxy) is 1. The second-order valence-electron chi connectivity index (χ2n) is 3.76. The average Bonchev–Trinajstić information content (AvgIpc) is 2.42. The Morgan fingerprint density at radius 3 is 2.74 bits per heavy atom. The molecule has 1 atom stereocenters. The minimum atomic E-state index is -1.09. The van der Waals surface area contributed by atoms with Crippen LogP contribution in [-0.4, -0.2) is 29.6 Å². The Bertz CT molecular complexity index is 508. The zero-order valence-electron chi connectivity index (χ0n) is 10.4. The van der Waals surface area contributed by atoms with E-state index in [0.717, 1.165) is 0 Å². The molecule has 0 unspecified atom stereocenters. The molecular weight excluding hydrogens is 248 g/mol. The first-order valence-electron chi connectivity index (χ1n) is 5.72. The molecule has 1 rings (SSSR count). The molecule has 0 heterocycles. The molecule has 6 nitrogen and oxygen atoms in total. The molecule has 0 spiro atoms. The van der Waals surface area contributed by atoms with Gasteiger partial charge in [0, 0.05) is 0 Å². The largest absolute Gasteiger partial charge is 0.482 e. The van der Waals surface area contributed by atoms with E-state index in [2.05, 4.69) is 5.32 Å².